The van der Waals surface area contributed by atoms with Crippen molar-refractivity contribution in [1.82, 2.24) is 0 Å². The lowest BCUT2D eigenvalue weighted by molar-refractivity contribution is -0.104. The van der Waals surface area contributed by atoms with Gasteiger partial charge in [0.05, 0.1) is 0 Å². The third-order valence-electron chi connectivity index (χ3n) is 1.35. The van der Waals surface area contributed by atoms with Crippen molar-refractivity contribution in [2.24, 2.45) is 0 Å². The van der Waals surface area contributed by atoms with Crippen molar-refractivity contribution in [3.63, 3.8) is 0 Å². The van der Waals surface area contributed by atoms with Crippen LogP contribution in [0.15, 0.2) is 35.5 Å². The summed E-state index contributed by atoms with van der Waals surface area (Å²) in [4.78, 5) is 9.94. The number of allylic oxidation sites excluding steroid dienone is 6. The lowest BCUT2D eigenvalue weighted by atomic mass is 10.2. The van der Waals surface area contributed by atoms with Crippen LogP contribution in [0.3, 0.4) is 0 Å². The van der Waals surface area contributed by atoms with Crippen molar-refractivity contribution < 1.29 is 4.79 Å². The maximum atomic E-state index is 9.94. The number of aldehydes is 1. The van der Waals surface area contributed by atoms with Crippen LogP contribution in [0.1, 0.15) is 20.8 Å². The van der Waals surface area contributed by atoms with Gasteiger partial charge in [-0.2, -0.15) is 0 Å². The van der Waals surface area contributed by atoms with E-state index in [1.54, 1.807) is 6.08 Å². The molecule has 0 rings (SSSR count). The second-order valence-corrected chi connectivity index (χ2v) is 2.42. The molecule has 0 aromatic heterocycles. The molecule has 1 nitrogen and oxygen atoms in total. The summed E-state index contributed by atoms with van der Waals surface area (Å²) >= 11 is 0. The van der Waals surface area contributed by atoms with Crippen molar-refractivity contribution in [1.29, 1.82) is 0 Å². The third-order valence-corrected chi connectivity index (χ3v) is 1.35. The highest BCUT2D eigenvalue weighted by Crippen LogP contribution is 2.01. The Hall–Kier alpha value is -1.11. The van der Waals surface area contributed by atoms with Gasteiger partial charge in [-0.15, -0.1) is 0 Å². The monoisotopic (exact) mass is 150 g/mol. The molecule has 0 unspecified atom stereocenters. The van der Waals surface area contributed by atoms with Crippen LogP contribution in [-0.2, 0) is 4.79 Å². The zero-order chi connectivity index (χ0) is 8.69. The lowest BCUT2D eigenvalue weighted by Crippen LogP contribution is -1.72. The average Bonchev–Trinajstić information content (AvgIpc) is 2.00. The van der Waals surface area contributed by atoms with E-state index in [2.05, 4.69) is 0 Å². The molecule has 0 atom stereocenters. The van der Waals surface area contributed by atoms with Crippen molar-refractivity contribution in [2.45, 2.75) is 20.8 Å². The fraction of sp³-hybridized carbons (Fsp3) is 0.300. The summed E-state index contributed by atoms with van der Waals surface area (Å²) in [5.74, 6) is 0. The molecular weight excluding hydrogens is 136 g/mol. The van der Waals surface area contributed by atoms with E-state index in [4.69, 9.17) is 0 Å². The van der Waals surface area contributed by atoms with E-state index in [1.807, 2.05) is 32.9 Å². The molecule has 60 valence electrons. The van der Waals surface area contributed by atoms with E-state index in [-0.39, 0.29) is 0 Å². The van der Waals surface area contributed by atoms with Gasteiger partial charge in [-0.1, -0.05) is 29.4 Å². The summed E-state index contributed by atoms with van der Waals surface area (Å²) in [6, 6.07) is 0. The van der Waals surface area contributed by atoms with Gasteiger partial charge in [-0.3, -0.25) is 4.79 Å². The smallest absolute Gasteiger partial charge is 0.142 e. The Morgan fingerprint density at radius 3 is 2.27 bits per heavy atom. The molecule has 0 spiro atoms. The summed E-state index contributed by atoms with van der Waals surface area (Å²) in [6.45, 7) is 5.98. The van der Waals surface area contributed by atoms with Crippen molar-refractivity contribution in [3.05, 3.63) is 35.5 Å². The molecule has 0 aliphatic rings. The number of carbonyl (C=O) groups excluding carboxylic acids is 1. The predicted molar refractivity (Wildman–Crippen MR) is 48.4 cm³/mol. The van der Waals surface area contributed by atoms with Gasteiger partial charge in [-0.05, 0) is 26.8 Å². The molecule has 0 amide bonds. The molecule has 0 aliphatic carbocycles. The van der Waals surface area contributed by atoms with E-state index in [0.29, 0.717) is 0 Å². The second kappa shape index (κ2) is 5.66. The topological polar surface area (TPSA) is 17.1 Å². The van der Waals surface area contributed by atoms with Gasteiger partial charge in [0, 0.05) is 0 Å². The largest absolute Gasteiger partial charge is 0.299 e. The molecule has 0 heterocycles. The van der Waals surface area contributed by atoms with Crippen LogP contribution < -0.4 is 0 Å². The van der Waals surface area contributed by atoms with E-state index in [1.165, 1.54) is 11.6 Å². The van der Waals surface area contributed by atoms with Gasteiger partial charge in [0.2, 0.25) is 0 Å². The SMILES string of the molecule is C/C=C(C)/C=C(C)/C=C/C=O. The zero-order valence-electron chi connectivity index (χ0n) is 7.29. The predicted octanol–water partition coefficient (Wildman–Crippen LogP) is 2.65. The number of rotatable bonds is 3. The molecular formula is C10H14O. The van der Waals surface area contributed by atoms with Crippen LogP contribution in [-0.4, -0.2) is 6.29 Å². The minimum absolute atomic E-state index is 0.780. The summed E-state index contributed by atoms with van der Waals surface area (Å²) in [5, 5.41) is 0. The van der Waals surface area contributed by atoms with E-state index >= 15 is 0 Å². The summed E-state index contributed by atoms with van der Waals surface area (Å²) in [6.07, 6.45) is 8.12. The quantitative estimate of drug-likeness (QED) is 0.343. The minimum Gasteiger partial charge on any atom is -0.299 e. The van der Waals surface area contributed by atoms with Gasteiger partial charge in [0.25, 0.3) is 0 Å². The van der Waals surface area contributed by atoms with Gasteiger partial charge >= 0.3 is 0 Å². The van der Waals surface area contributed by atoms with Crippen LogP contribution in [0, 0.1) is 0 Å². The Morgan fingerprint density at radius 2 is 1.82 bits per heavy atom. The number of hydrogen-bond acceptors (Lipinski definition) is 1. The Morgan fingerprint density at radius 1 is 1.18 bits per heavy atom. The molecule has 0 aliphatic heterocycles. The van der Waals surface area contributed by atoms with Crippen molar-refractivity contribution in [2.75, 3.05) is 0 Å². The van der Waals surface area contributed by atoms with Gasteiger partial charge in [0.1, 0.15) is 6.29 Å². The first-order valence-corrected chi connectivity index (χ1v) is 3.63. The maximum Gasteiger partial charge on any atom is 0.142 e. The first kappa shape index (κ1) is 9.89. The Bertz CT molecular complexity index is 207. The highest BCUT2D eigenvalue weighted by atomic mass is 16.1. The second-order valence-electron chi connectivity index (χ2n) is 2.42. The van der Waals surface area contributed by atoms with Crippen LogP contribution in [0.5, 0.6) is 0 Å². The van der Waals surface area contributed by atoms with Crippen molar-refractivity contribution >= 4 is 6.29 Å². The highest BCUT2D eigenvalue weighted by molar-refractivity contribution is 5.65. The fourth-order valence-corrected chi connectivity index (χ4v) is 0.682. The molecule has 0 saturated heterocycles. The normalized spacial score (nSPS) is 14.1. The van der Waals surface area contributed by atoms with Gasteiger partial charge < -0.3 is 0 Å². The first-order chi connectivity index (χ1) is 5.20. The highest BCUT2D eigenvalue weighted by Gasteiger charge is 1.81. The molecule has 0 aromatic rings. The van der Waals surface area contributed by atoms with Crippen LogP contribution >= 0.6 is 0 Å². The molecule has 0 saturated carbocycles. The van der Waals surface area contributed by atoms with Crippen molar-refractivity contribution in [3.8, 4) is 0 Å². The maximum absolute atomic E-state index is 9.94. The Balaban J connectivity index is 4.22. The average molecular weight is 150 g/mol. The van der Waals surface area contributed by atoms with E-state index < -0.39 is 0 Å². The van der Waals surface area contributed by atoms with Crippen LogP contribution in [0.2, 0.25) is 0 Å². The standard InChI is InChI=1S/C10H14O/c1-4-9(2)8-10(3)6-5-7-11/h4-8H,1-3H3/b6-5+,9-4+,10-8+. The molecule has 0 N–H and O–H groups in total. The molecule has 0 fully saturated rings. The Kier molecular flexibility index (Phi) is 5.09. The molecule has 11 heavy (non-hydrogen) atoms. The molecule has 1 heteroatoms. The lowest BCUT2D eigenvalue weighted by Gasteiger charge is -1.91. The number of hydrogen-bond donors (Lipinski definition) is 0. The van der Waals surface area contributed by atoms with Gasteiger partial charge in [-0.25, -0.2) is 0 Å². The zero-order valence-corrected chi connectivity index (χ0v) is 7.29. The summed E-state index contributed by atoms with van der Waals surface area (Å²) < 4.78 is 0. The minimum atomic E-state index is 0.780. The van der Waals surface area contributed by atoms with E-state index in [0.717, 1.165) is 11.9 Å². The molecule has 0 bridgehead atoms. The third kappa shape index (κ3) is 5.34. The fourth-order valence-electron chi connectivity index (χ4n) is 0.682. The first-order valence-electron chi connectivity index (χ1n) is 3.63. The molecule has 0 radical (unpaired) electrons. The Labute approximate surface area is 68.1 Å². The van der Waals surface area contributed by atoms with Gasteiger partial charge in [0.15, 0.2) is 0 Å². The van der Waals surface area contributed by atoms with Crippen LogP contribution in [0.4, 0.5) is 0 Å². The summed E-state index contributed by atoms with van der Waals surface area (Å²) in [7, 11) is 0. The number of carbonyl (C=O) groups is 1. The summed E-state index contributed by atoms with van der Waals surface area (Å²) in [5.41, 5.74) is 2.30. The van der Waals surface area contributed by atoms with E-state index in [9.17, 15) is 4.79 Å². The molecule has 0 aromatic carbocycles. The van der Waals surface area contributed by atoms with Crippen LogP contribution in [0.25, 0.3) is 0 Å².